The van der Waals surface area contributed by atoms with Crippen LogP contribution >= 0.6 is 11.3 Å². The number of hydrogen-bond donors (Lipinski definition) is 3. The average molecular weight is 500 g/mol. The molecule has 3 N–H and O–H groups in total. The lowest BCUT2D eigenvalue weighted by Gasteiger charge is -2.38. The van der Waals surface area contributed by atoms with Gasteiger partial charge in [-0.2, -0.15) is 5.10 Å². The normalized spacial score (nSPS) is 19.3. The first-order valence-electron chi connectivity index (χ1n) is 11.0. The van der Waals surface area contributed by atoms with Gasteiger partial charge in [-0.25, -0.2) is 13.3 Å². The van der Waals surface area contributed by atoms with Crippen molar-refractivity contribution >= 4 is 28.0 Å². The van der Waals surface area contributed by atoms with E-state index in [0.29, 0.717) is 28.2 Å². The van der Waals surface area contributed by atoms with E-state index in [0.717, 1.165) is 10.4 Å². The van der Waals surface area contributed by atoms with Gasteiger partial charge in [-0.15, -0.1) is 11.3 Å². The van der Waals surface area contributed by atoms with Gasteiger partial charge in [0.05, 0.1) is 41.3 Å². The number of aromatic nitrogens is 3. The first-order chi connectivity index (χ1) is 16.8. The number of carbonyl (C=O) groups excluding carboxylic acids is 2. The molecule has 0 aliphatic carbocycles. The fourth-order valence-electron chi connectivity index (χ4n) is 3.90. The minimum Gasteiger partial charge on any atom is -0.382 e. The quantitative estimate of drug-likeness (QED) is 0.460. The molecule has 1 unspecified atom stereocenters. The molecule has 182 valence electrons. The number of carbonyl (C=O) groups is 2. The molecule has 2 aliphatic heterocycles. The van der Waals surface area contributed by atoms with Gasteiger partial charge in [-0.1, -0.05) is 0 Å². The number of rotatable bonds is 7. The van der Waals surface area contributed by atoms with Crippen LogP contribution in [0.1, 0.15) is 17.3 Å². The van der Waals surface area contributed by atoms with Crippen LogP contribution in [0, 0.1) is 0 Å². The van der Waals surface area contributed by atoms with E-state index in [4.69, 9.17) is 0 Å². The van der Waals surface area contributed by atoms with Crippen LogP contribution in [0.4, 0.5) is 8.78 Å². The molecule has 2 aliphatic rings. The topological polar surface area (TPSA) is 104 Å². The maximum atomic E-state index is 13.1. The third-order valence-electron chi connectivity index (χ3n) is 5.82. The third-order valence-corrected chi connectivity index (χ3v) is 6.98. The van der Waals surface area contributed by atoms with Gasteiger partial charge in [-0.3, -0.25) is 19.5 Å². The molecule has 5 heterocycles. The summed E-state index contributed by atoms with van der Waals surface area (Å²) in [5, 5.41) is 13.0. The van der Waals surface area contributed by atoms with Gasteiger partial charge >= 0.3 is 0 Å². The summed E-state index contributed by atoms with van der Waals surface area (Å²) < 4.78 is 27.5. The molecule has 3 aromatic rings. The van der Waals surface area contributed by atoms with E-state index in [2.05, 4.69) is 26.0 Å². The van der Waals surface area contributed by atoms with Crippen LogP contribution in [0.25, 0.3) is 15.3 Å². The van der Waals surface area contributed by atoms with E-state index in [1.165, 1.54) is 17.5 Å². The Morgan fingerprint density at radius 1 is 1.26 bits per heavy atom. The van der Waals surface area contributed by atoms with E-state index < -0.39 is 5.92 Å². The molecule has 1 fully saturated rings. The highest BCUT2D eigenvalue weighted by molar-refractivity contribution is 7.21. The standard InChI is InChI=1S/C23H23F2N7O2S/c1-14-18(8-16(9-28-14)20(33)27-6-7-31-12-23(24,25)13-31)30-21(34)17-10-29-32-11-19(35-22(17)32)15-2-4-26-5-3-15/h2-5,8-11,14,28H,6-7,12-13H2,1H3,(H,27,33)(H,30,34). The molecule has 3 aromatic heterocycles. The van der Waals surface area contributed by atoms with Crippen LogP contribution in [0.2, 0.25) is 0 Å². The zero-order valence-corrected chi connectivity index (χ0v) is 19.6. The van der Waals surface area contributed by atoms with Crippen LogP contribution in [0.3, 0.4) is 0 Å². The Morgan fingerprint density at radius 2 is 2.03 bits per heavy atom. The Kier molecular flexibility index (Phi) is 6.07. The van der Waals surface area contributed by atoms with Crippen molar-refractivity contribution in [2.45, 2.75) is 18.9 Å². The van der Waals surface area contributed by atoms with Gasteiger partial charge in [-0.05, 0) is 30.7 Å². The number of nitrogens with one attached hydrogen (secondary N) is 3. The Morgan fingerprint density at radius 3 is 2.77 bits per heavy atom. The smallest absolute Gasteiger partial charge is 0.272 e. The lowest BCUT2D eigenvalue weighted by Crippen LogP contribution is -2.57. The fraction of sp³-hybridized carbons (Fsp3) is 0.304. The molecule has 0 bridgehead atoms. The molecule has 0 saturated carbocycles. The highest BCUT2D eigenvalue weighted by atomic mass is 32.1. The van der Waals surface area contributed by atoms with Crippen LogP contribution in [0.5, 0.6) is 0 Å². The summed E-state index contributed by atoms with van der Waals surface area (Å²) in [6, 6.07) is 3.56. The molecular formula is C23H23F2N7O2S. The molecule has 12 heteroatoms. The van der Waals surface area contributed by atoms with Gasteiger partial charge in [0.1, 0.15) is 4.83 Å². The predicted molar refractivity (Wildman–Crippen MR) is 127 cm³/mol. The van der Waals surface area contributed by atoms with E-state index >= 15 is 0 Å². The maximum Gasteiger partial charge on any atom is 0.272 e. The van der Waals surface area contributed by atoms with E-state index in [-0.39, 0.29) is 37.5 Å². The Labute approximate surface area is 203 Å². The number of halogens is 2. The SMILES string of the molecule is CC1NC=C(C(=O)NCCN2CC(F)(F)C2)C=C1NC(=O)c1cnn2cc(-c3ccncc3)sc12. The Balaban J connectivity index is 1.23. The van der Waals surface area contributed by atoms with Crippen LogP contribution in [-0.4, -0.2) is 69.5 Å². The van der Waals surface area contributed by atoms with Crippen molar-refractivity contribution in [2.75, 3.05) is 26.2 Å². The zero-order chi connectivity index (χ0) is 24.6. The maximum absolute atomic E-state index is 13.1. The number of pyridine rings is 1. The summed E-state index contributed by atoms with van der Waals surface area (Å²) in [6.45, 7) is 1.91. The number of likely N-dealkylation sites (tertiary alicyclic amines) is 1. The van der Waals surface area contributed by atoms with Gasteiger partial charge in [0.15, 0.2) is 0 Å². The predicted octanol–water partition coefficient (Wildman–Crippen LogP) is 2.01. The van der Waals surface area contributed by atoms with Crippen LogP contribution < -0.4 is 16.0 Å². The number of fused-ring (bicyclic) bond motifs is 1. The number of amides is 2. The van der Waals surface area contributed by atoms with Gasteiger partial charge < -0.3 is 16.0 Å². The van der Waals surface area contributed by atoms with Gasteiger partial charge in [0.25, 0.3) is 17.7 Å². The summed E-state index contributed by atoms with van der Waals surface area (Å²) in [6.07, 6.45) is 9.99. The van der Waals surface area contributed by atoms with E-state index in [1.54, 1.807) is 34.1 Å². The van der Waals surface area contributed by atoms with E-state index in [1.807, 2.05) is 25.3 Å². The minimum atomic E-state index is -2.63. The van der Waals surface area contributed by atoms with E-state index in [9.17, 15) is 18.4 Å². The highest BCUT2D eigenvalue weighted by Gasteiger charge is 2.43. The average Bonchev–Trinajstić information content (AvgIpc) is 3.41. The molecule has 0 spiro atoms. The minimum absolute atomic E-state index is 0.222. The molecule has 1 saturated heterocycles. The zero-order valence-electron chi connectivity index (χ0n) is 18.8. The van der Waals surface area contributed by atoms with Crippen LogP contribution in [0.15, 0.2) is 60.5 Å². The number of thiazole rings is 1. The highest BCUT2D eigenvalue weighted by Crippen LogP contribution is 2.30. The fourth-order valence-corrected chi connectivity index (χ4v) is 4.96. The summed E-state index contributed by atoms with van der Waals surface area (Å²) >= 11 is 1.45. The Bertz CT molecular complexity index is 1320. The molecule has 5 rings (SSSR count). The number of dihydropyridines is 1. The summed E-state index contributed by atoms with van der Waals surface area (Å²) in [4.78, 5) is 32.9. The Hall–Kier alpha value is -3.64. The summed E-state index contributed by atoms with van der Waals surface area (Å²) in [5.41, 5.74) is 2.28. The molecule has 0 aromatic carbocycles. The summed E-state index contributed by atoms with van der Waals surface area (Å²) in [7, 11) is 0. The first kappa shape index (κ1) is 23.1. The molecule has 2 amide bonds. The van der Waals surface area contributed by atoms with Crippen molar-refractivity contribution in [2.24, 2.45) is 0 Å². The monoisotopic (exact) mass is 499 g/mol. The second-order valence-electron chi connectivity index (χ2n) is 8.50. The van der Waals surface area contributed by atoms with Crippen molar-refractivity contribution in [3.8, 4) is 10.4 Å². The number of alkyl halides is 2. The third kappa shape index (κ3) is 4.93. The molecule has 1 atom stereocenters. The van der Waals surface area contributed by atoms with Crippen molar-refractivity contribution in [1.82, 2.24) is 35.4 Å². The molecular weight excluding hydrogens is 476 g/mol. The largest absolute Gasteiger partial charge is 0.382 e. The summed E-state index contributed by atoms with van der Waals surface area (Å²) in [5.74, 6) is -3.31. The number of hydrogen-bond acceptors (Lipinski definition) is 7. The lowest BCUT2D eigenvalue weighted by molar-refractivity contribution is -0.130. The second kappa shape index (κ2) is 9.19. The number of nitrogens with zero attached hydrogens (tertiary/aromatic N) is 4. The van der Waals surface area contributed by atoms with Gasteiger partial charge in [0.2, 0.25) is 0 Å². The second-order valence-corrected chi connectivity index (χ2v) is 9.53. The van der Waals surface area contributed by atoms with Crippen molar-refractivity contribution in [3.05, 3.63) is 66.0 Å². The van der Waals surface area contributed by atoms with Crippen molar-refractivity contribution < 1.29 is 18.4 Å². The van der Waals surface area contributed by atoms with Crippen LogP contribution in [-0.2, 0) is 4.79 Å². The van der Waals surface area contributed by atoms with Gasteiger partial charge in [0, 0.05) is 43.6 Å². The van der Waals surface area contributed by atoms with Crippen molar-refractivity contribution in [3.63, 3.8) is 0 Å². The lowest BCUT2D eigenvalue weighted by atomic mass is 10.1. The molecule has 9 nitrogen and oxygen atoms in total. The molecule has 35 heavy (non-hydrogen) atoms. The molecule has 0 radical (unpaired) electrons. The van der Waals surface area contributed by atoms with Crippen molar-refractivity contribution in [1.29, 1.82) is 0 Å². The first-order valence-corrected chi connectivity index (χ1v) is 11.9.